The molecule has 52 heavy (non-hydrogen) atoms. The zero-order valence-corrected chi connectivity index (χ0v) is 26.8. The molecule has 286 valence electrons. The van der Waals surface area contributed by atoms with E-state index in [4.69, 9.17) is 32.8 Å². The fraction of sp³-hybridized carbons (Fsp3) is 0.531. The second-order valence-electron chi connectivity index (χ2n) is 12.4. The van der Waals surface area contributed by atoms with Crippen LogP contribution < -0.4 is 14.9 Å². The van der Waals surface area contributed by atoms with Crippen LogP contribution in [0.15, 0.2) is 45.6 Å². The Hall–Kier alpha value is -3.71. The van der Waals surface area contributed by atoms with Crippen molar-refractivity contribution in [1.82, 2.24) is 0 Å². The molecule has 0 radical (unpaired) electrons. The molecule has 20 heteroatoms. The summed E-state index contributed by atoms with van der Waals surface area (Å²) >= 11 is 0. The highest BCUT2D eigenvalue weighted by Crippen LogP contribution is 2.39. The van der Waals surface area contributed by atoms with Crippen LogP contribution in [0.3, 0.4) is 0 Å². The summed E-state index contributed by atoms with van der Waals surface area (Å²) in [5.41, 5.74) is -1.30. The van der Waals surface area contributed by atoms with E-state index < -0.39 is 128 Å². The zero-order valence-electron chi connectivity index (χ0n) is 26.8. The lowest BCUT2D eigenvalue weighted by atomic mass is 9.98. The molecule has 3 aromatic rings. The van der Waals surface area contributed by atoms with Crippen LogP contribution in [0.5, 0.6) is 23.0 Å². The van der Waals surface area contributed by atoms with E-state index in [0.29, 0.717) is 0 Å². The van der Waals surface area contributed by atoms with Gasteiger partial charge in [0.25, 0.3) is 0 Å². The van der Waals surface area contributed by atoms with Gasteiger partial charge in [-0.1, -0.05) is 0 Å². The first-order valence-corrected chi connectivity index (χ1v) is 15.9. The number of fused-ring (bicyclic) bond motifs is 1. The summed E-state index contributed by atoms with van der Waals surface area (Å²) in [6.07, 6.45) is -24.0. The van der Waals surface area contributed by atoms with Crippen molar-refractivity contribution in [3.05, 3.63) is 46.6 Å². The summed E-state index contributed by atoms with van der Waals surface area (Å²) in [5, 5.41) is 123. The summed E-state index contributed by atoms with van der Waals surface area (Å²) in [6, 6.07) is 7.17. The lowest BCUT2D eigenvalue weighted by Gasteiger charge is -2.44. The number of benzene rings is 2. The summed E-state index contributed by atoms with van der Waals surface area (Å²) in [7, 11) is 0. The van der Waals surface area contributed by atoms with E-state index in [1.54, 1.807) is 0 Å². The van der Waals surface area contributed by atoms with Crippen molar-refractivity contribution in [1.29, 1.82) is 0 Å². The van der Waals surface area contributed by atoms with E-state index in [-0.39, 0.29) is 28.4 Å². The Labute approximate surface area is 292 Å². The minimum atomic E-state index is -1.93. The molecular weight excluding hydrogens is 704 g/mol. The molecule has 0 bridgehead atoms. The van der Waals surface area contributed by atoms with Crippen molar-refractivity contribution in [2.24, 2.45) is 0 Å². The van der Waals surface area contributed by atoms with E-state index in [1.807, 2.05) is 0 Å². The predicted molar refractivity (Wildman–Crippen MR) is 167 cm³/mol. The van der Waals surface area contributed by atoms with Gasteiger partial charge in [-0.25, -0.2) is 0 Å². The molecule has 3 aliphatic rings. The molecule has 0 saturated carbocycles. The van der Waals surface area contributed by atoms with Gasteiger partial charge >= 0.3 is 0 Å². The lowest BCUT2D eigenvalue weighted by molar-refractivity contribution is -0.345. The van der Waals surface area contributed by atoms with Crippen LogP contribution in [0.4, 0.5) is 0 Å². The average molecular weight is 743 g/mol. The number of rotatable bonds is 9. The third kappa shape index (κ3) is 7.14. The van der Waals surface area contributed by atoms with Crippen molar-refractivity contribution in [2.45, 2.75) is 86.0 Å². The highest BCUT2D eigenvalue weighted by atomic mass is 16.8. The summed E-state index contributed by atoms with van der Waals surface area (Å²) in [5.74, 6) is -2.26. The summed E-state index contributed by atoms with van der Waals surface area (Å²) < 4.78 is 39.5. The third-order valence-electron chi connectivity index (χ3n) is 8.94. The van der Waals surface area contributed by atoms with E-state index in [9.17, 15) is 66.1 Å². The first kappa shape index (κ1) is 38.0. The minimum Gasteiger partial charge on any atom is -0.508 e. The zero-order chi connectivity index (χ0) is 37.6. The molecule has 1 aromatic heterocycles. The number of hydrogen-bond acceptors (Lipinski definition) is 20. The number of ether oxygens (including phenoxy) is 6. The molecule has 0 amide bonds. The highest BCUT2D eigenvalue weighted by molar-refractivity contribution is 5.88. The molecule has 12 N–H and O–H groups in total. The Bertz CT molecular complexity index is 1750. The molecule has 6 rings (SSSR count). The molecule has 0 spiro atoms. The van der Waals surface area contributed by atoms with Crippen LogP contribution in [-0.4, -0.2) is 167 Å². The van der Waals surface area contributed by atoms with Gasteiger partial charge in [-0.05, 0) is 24.3 Å². The van der Waals surface area contributed by atoms with E-state index in [0.717, 1.165) is 12.1 Å². The minimum absolute atomic E-state index is 0.0993. The number of phenolic OH excluding ortho intramolecular Hbond substituents is 2. The second kappa shape index (κ2) is 15.3. The van der Waals surface area contributed by atoms with Crippen molar-refractivity contribution in [3.63, 3.8) is 0 Å². The number of hydrogen-bond donors (Lipinski definition) is 12. The van der Waals surface area contributed by atoms with Gasteiger partial charge in [-0.2, -0.15) is 0 Å². The Kier molecular flexibility index (Phi) is 11.2. The molecule has 3 aliphatic heterocycles. The SMILES string of the molecule is O=c1c(O[C@@H]2O[C@H](CO)[C@H](O)[C@H](O)[C@H]2O[C@@H]2OC[C@H](O)[C@H](O)[C@H]2O)c(-c2ccc(O)cc2)oc2cc(O[C@@H]3O[C@H](CO)[C@@H](O)[C@H](O)[C@H]3O)cc(O)c12. The second-order valence-corrected chi connectivity index (χ2v) is 12.4. The standard InChI is InChI=1S/C32H38O20/c33-7-16-20(39)23(42)26(45)31(49-16)47-12-5-13(36)18-15(6-12)48-27(10-1-3-11(35)4-2-10)28(22(18)41)51-32-29(24(43)21(40)17(8-34)50-32)52-30-25(44)19(38)14(37)9-46-30/h1-6,14,16-17,19-21,23-26,29-40,42-45H,7-9H2/t14-,16+,17+,19-,20+,21-,23-,24-,25+,26+,29+,30-,31+,32-/m0/s1. The maximum absolute atomic E-state index is 14.2. The first-order chi connectivity index (χ1) is 24.7. The van der Waals surface area contributed by atoms with Crippen LogP contribution >= 0.6 is 0 Å². The maximum atomic E-state index is 14.2. The number of phenols is 2. The summed E-state index contributed by atoms with van der Waals surface area (Å²) in [4.78, 5) is 14.2. The van der Waals surface area contributed by atoms with Gasteiger partial charge in [0.15, 0.2) is 18.2 Å². The molecule has 2 aromatic carbocycles. The smallest absolute Gasteiger partial charge is 0.239 e. The first-order valence-electron chi connectivity index (χ1n) is 15.9. The molecule has 3 saturated heterocycles. The molecule has 20 nitrogen and oxygen atoms in total. The molecular formula is C32H38O20. The van der Waals surface area contributed by atoms with Gasteiger partial charge < -0.3 is 94.1 Å². The van der Waals surface area contributed by atoms with Crippen molar-refractivity contribution in [2.75, 3.05) is 19.8 Å². The van der Waals surface area contributed by atoms with Crippen LogP contribution in [-0.2, 0) is 18.9 Å². The van der Waals surface area contributed by atoms with Gasteiger partial charge in [-0.3, -0.25) is 4.79 Å². The van der Waals surface area contributed by atoms with Gasteiger partial charge in [0.1, 0.15) is 89.3 Å². The number of aliphatic hydroxyl groups is 10. The topological polar surface area (TPSA) is 328 Å². The fourth-order valence-corrected chi connectivity index (χ4v) is 6.00. The van der Waals surface area contributed by atoms with E-state index >= 15 is 0 Å². The fourth-order valence-electron chi connectivity index (χ4n) is 6.00. The van der Waals surface area contributed by atoms with Crippen LogP contribution in [0.1, 0.15) is 0 Å². The quantitative estimate of drug-likeness (QED) is 0.0986. The molecule has 3 fully saturated rings. The van der Waals surface area contributed by atoms with Gasteiger partial charge in [-0.15, -0.1) is 0 Å². The highest BCUT2D eigenvalue weighted by Gasteiger charge is 2.50. The summed E-state index contributed by atoms with van der Waals surface area (Å²) in [6.45, 7) is -2.10. The van der Waals surface area contributed by atoms with Gasteiger partial charge in [0.2, 0.25) is 23.8 Å². The normalized spacial score (nSPS) is 36.8. The van der Waals surface area contributed by atoms with Gasteiger partial charge in [0, 0.05) is 17.7 Å². The third-order valence-corrected chi connectivity index (χ3v) is 8.94. The largest absolute Gasteiger partial charge is 0.508 e. The van der Waals surface area contributed by atoms with Crippen LogP contribution in [0.2, 0.25) is 0 Å². The molecule has 4 heterocycles. The molecule has 0 aliphatic carbocycles. The number of aromatic hydroxyl groups is 2. The van der Waals surface area contributed by atoms with Crippen molar-refractivity contribution < 1.29 is 94.1 Å². The number of aliphatic hydroxyl groups excluding tert-OH is 10. The average Bonchev–Trinajstić information content (AvgIpc) is 3.12. The lowest BCUT2D eigenvalue weighted by Crippen LogP contribution is -2.64. The Balaban J connectivity index is 1.41. The van der Waals surface area contributed by atoms with Crippen LogP contribution in [0.25, 0.3) is 22.3 Å². The Morgan fingerprint density at radius 2 is 1.31 bits per heavy atom. The molecule has 0 unspecified atom stereocenters. The van der Waals surface area contributed by atoms with E-state index in [1.165, 1.54) is 24.3 Å². The van der Waals surface area contributed by atoms with Gasteiger partial charge in [0.05, 0.1) is 19.8 Å². The predicted octanol–water partition coefficient (Wildman–Crippen LogP) is -4.31. The van der Waals surface area contributed by atoms with Crippen molar-refractivity contribution >= 4 is 11.0 Å². The Morgan fingerprint density at radius 1 is 0.692 bits per heavy atom. The maximum Gasteiger partial charge on any atom is 0.239 e. The molecule has 14 atom stereocenters. The van der Waals surface area contributed by atoms with Crippen molar-refractivity contribution in [3.8, 4) is 34.3 Å². The Morgan fingerprint density at radius 3 is 1.96 bits per heavy atom. The van der Waals surface area contributed by atoms with E-state index in [2.05, 4.69) is 0 Å². The monoisotopic (exact) mass is 742 g/mol. The van der Waals surface area contributed by atoms with Crippen LogP contribution in [0, 0.1) is 0 Å².